The zero-order valence-electron chi connectivity index (χ0n) is 13.1. The van der Waals surface area contributed by atoms with Crippen LogP contribution in [0.4, 0.5) is 26.3 Å². The molecular weight excluding hydrogens is 420 g/mol. The van der Waals surface area contributed by atoms with Crippen molar-refractivity contribution >= 4 is 23.5 Å². The Kier molecular flexibility index (Phi) is 12.6. The number of carboxylic acid groups (broad SMARTS) is 2. The van der Waals surface area contributed by atoms with Crippen LogP contribution in [0.5, 0.6) is 0 Å². The SMILES string of the molecule is CCC(C(=O)O)C(=O)C(F)(F)F.CCC(C(=O)O)C(=O)C(F)(F)F.[Zn]. The molecule has 0 heterocycles. The number of aliphatic carboxylic acids is 2. The summed E-state index contributed by atoms with van der Waals surface area (Å²) in [4.78, 5) is 40.9. The van der Waals surface area contributed by atoms with Gasteiger partial charge in [-0.2, -0.15) is 26.3 Å². The molecular formula is C12H14F6O6Zn. The molecule has 0 bridgehead atoms. The fraction of sp³-hybridized carbons (Fsp3) is 0.667. The summed E-state index contributed by atoms with van der Waals surface area (Å²) in [6, 6.07) is 0. The van der Waals surface area contributed by atoms with E-state index in [1.54, 1.807) is 0 Å². The van der Waals surface area contributed by atoms with Gasteiger partial charge < -0.3 is 10.2 Å². The Morgan fingerprint density at radius 1 is 0.720 bits per heavy atom. The first-order chi connectivity index (χ1) is 10.6. The molecule has 142 valence electrons. The van der Waals surface area contributed by atoms with E-state index in [0.717, 1.165) is 0 Å². The molecule has 0 rings (SSSR count). The average Bonchev–Trinajstić information content (AvgIpc) is 2.37. The van der Waals surface area contributed by atoms with Crippen molar-refractivity contribution in [2.45, 2.75) is 39.0 Å². The zero-order valence-corrected chi connectivity index (χ0v) is 16.0. The number of hydrogen-bond acceptors (Lipinski definition) is 4. The van der Waals surface area contributed by atoms with E-state index in [4.69, 9.17) is 10.2 Å². The Hall–Kier alpha value is -1.52. The van der Waals surface area contributed by atoms with Crippen LogP contribution in [-0.2, 0) is 38.7 Å². The second-order valence-corrected chi connectivity index (χ2v) is 4.32. The smallest absolute Gasteiger partial charge is 0.450 e. The number of ketones is 2. The number of carbonyl (C=O) groups is 4. The number of rotatable bonds is 6. The predicted octanol–water partition coefficient (Wildman–Crippen LogP) is 2.45. The maximum atomic E-state index is 11.6. The third-order valence-corrected chi connectivity index (χ3v) is 2.60. The Labute approximate surface area is 150 Å². The number of carbonyl (C=O) groups excluding carboxylic acids is 2. The second kappa shape index (κ2) is 11.2. The van der Waals surface area contributed by atoms with Gasteiger partial charge in [0.05, 0.1) is 0 Å². The molecule has 0 aliphatic carbocycles. The van der Waals surface area contributed by atoms with E-state index in [1.807, 2.05) is 0 Å². The molecule has 0 fully saturated rings. The Balaban J connectivity index is -0.000000372. The van der Waals surface area contributed by atoms with Gasteiger partial charge in [0.25, 0.3) is 0 Å². The summed E-state index contributed by atoms with van der Waals surface area (Å²) >= 11 is 0. The van der Waals surface area contributed by atoms with Gasteiger partial charge in [-0.25, -0.2) is 0 Å². The van der Waals surface area contributed by atoms with E-state index in [1.165, 1.54) is 13.8 Å². The molecule has 0 saturated heterocycles. The van der Waals surface area contributed by atoms with E-state index in [2.05, 4.69) is 0 Å². The normalized spacial score (nSPS) is 13.4. The van der Waals surface area contributed by atoms with Crippen molar-refractivity contribution in [2.75, 3.05) is 0 Å². The summed E-state index contributed by atoms with van der Waals surface area (Å²) in [7, 11) is 0. The maximum Gasteiger partial charge on any atom is 0.450 e. The molecule has 13 heteroatoms. The third kappa shape index (κ3) is 10.2. The van der Waals surface area contributed by atoms with Gasteiger partial charge in [0, 0.05) is 19.5 Å². The topological polar surface area (TPSA) is 109 Å². The summed E-state index contributed by atoms with van der Waals surface area (Å²) in [5.74, 6) is -11.8. The first-order valence-electron chi connectivity index (χ1n) is 6.28. The minimum atomic E-state index is -5.06. The van der Waals surface area contributed by atoms with Gasteiger partial charge in [-0.1, -0.05) is 13.8 Å². The molecule has 0 aliphatic rings. The van der Waals surface area contributed by atoms with Gasteiger partial charge >= 0.3 is 24.3 Å². The van der Waals surface area contributed by atoms with E-state index in [9.17, 15) is 45.5 Å². The Morgan fingerprint density at radius 3 is 0.960 bits per heavy atom. The van der Waals surface area contributed by atoms with Crippen molar-refractivity contribution in [3.8, 4) is 0 Å². The zero-order chi connectivity index (χ0) is 19.9. The van der Waals surface area contributed by atoms with Crippen LogP contribution in [0.3, 0.4) is 0 Å². The standard InChI is InChI=1S/2C6H7F3O3.Zn/c2*1-2-3(5(11)12)4(10)6(7,8)9;/h2*3H,2H2,1H3,(H,11,12);. The van der Waals surface area contributed by atoms with Gasteiger partial charge in [0.1, 0.15) is 11.8 Å². The third-order valence-electron chi connectivity index (χ3n) is 2.60. The monoisotopic (exact) mass is 432 g/mol. The molecule has 0 amide bonds. The van der Waals surface area contributed by atoms with Crippen LogP contribution >= 0.6 is 0 Å². The largest absolute Gasteiger partial charge is 0.481 e. The van der Waals surface area contributed by atoms with E-state index < -0.39 is 47.7 Å². The minimum Gasteiger partial charge on any atom is -0.481 e. The van der Waals surface area contributed by atoms with Crippen LogP contribution in [-0.4, -0.2) is 46.1 Å². The molecule has 0 spiro atoms. The number of hydrogen-bond donors (Lipinski definition) is 2. The number of Topliss-reactive ketones (excluding diaryl/α,β-unsaturated/α-hetero) is 2. The van der Waals surface area contributed by atoms with E-state index in [-0.39, 0.29) is 32.3 Å². The fourth-order valence-electron chi connectivity index (χ4n) is 1.34. The molecule has 6 nitrogen and oxygen atoms in total. The Morgan fingerprint density at radius 2 is 0.920 bits per heavy atom. The quantitative estimate of drug-likeness (QED) is 0.378. The summed E-state index contributed by atoms with van der Waals surface area (Å²) in [6.07, 6.45) is -10.8. The summed E-state index contributed by atoms with van der Waals surface area (Å²) in [6.45, 7) is 2.42. The molecule has 2 atom stereocenters. The summed E-state index contributed by atoms with van der Waals surface area (Å²) in [5, 5.41) is 16.4. The maximum absolute atomic E-state index is 11.6. The van der Waals surface area contributed by atoms with Gasteiger partial charge in [-0.15, -0.1) is 0 Å². The minimum absolute atomic E-state index is 0. The predicted molar refractivity (Wildman–Crippen MR) is 65.0 cm³/mol. The molecule has 0 aromatic rings. The summed E-state index contributed by atoms with van der Waals surface area (Å²) in [5.41, 5.74) is 0. The van der Waals surface area contributed by atoms with Crippen LogP contribution in [0.15, 0.2) is 0 Å². The van der Waals surface area contributed by atoms with Gasteiger partial charge in [0.2, 0.25) is 11.6 Å². The molecule has 0 saturated carbocycles. The van der Waals surface area contributed by atoms with Crippen molar-refractivity contribution in [3.05, 3.63) is 0 Å². The van der Waals surface area contributed by atoms with Crippen LogP contribution in [0, 0.1) is 11.8 Å². The van der Waals surface area contributed by atoms with E-state index in [0.29, 0.717) is 0 Å². The molecule has 0 radical (unpaired) electrons. The van der Waals surface area contributed by atoms with Crippen LogP contribution in [0.25, 0.3) is 0 Å². The van der Waals surface area contributed by atoms with Crippen molar-refractivity contribution in [1.29, 1.82) is 0 Å². The number of halogens is 6. The van der Waals surface area contributed by atoms with Gasteiger partial charge in [-0.05, 0) is 12.8 Å². The van der Waals surface area contributed by atoms with Crippen molar-refractivity contribution in [1.82, 2.24) is 0 Å². The average molecular weight is 434 g/mol. The van der Waals surface area contributed by atoms with E-state index >= 15 is 0 Å². The summed E-state index contributed by atoms with van der Waals surface area (Å²) < 4.78 is 69.8. The van der Waals surface area contributed by atoms with Gasteiger partial charge in [0.15, 0.2) is 0 Å². The van der Waals surface area contributed by atoms with Crippen molar-refractivity contribution in [2.24, 2.45) is 11.8 Å². The van der Waals surface area contributed by atoms with Gasteiger partial charge in [-0.3, -0.25) is 19.2 Å². The Bertz CT molecular complexity index is 443. The molecule has 2 unspecified atom stereocenters. The van der Waals surface area contributed by atoms with Crippen LogP contribution in [0.2, 0.25) is 0 Å². The van der Waals surface area contributed by atoms with Crippen molar-refractivity contribution < 1.29 is 75.2 Å². The second-order valence-electron chi connectivity index (χ2n) is 4.32. The molecule has 25 heavy (non-hydrogen) atoms. The number of alkyl halides is 6. The fourth-order valence-corrected chi connectivity index (χ4v) is 1.34. The molecule has 0 aliphatic heterocycles. The number of carboxylic acids is 2. The molecule has 0 aromatic carbocycles. The van der Waals surface area contributed by atoms with Crippen molar-refractivity contribution in [3.63, 3.8) is 0 Å². The molecule has 0 aromatic heterocycles. The van der Waals surface area contributed by atoms with Crippen LogP contribution < -0.4 is 0 Å². The van der Waals surface area contributed by atoms with Crippen LogP contribution in [0.1, 0.15) is 26.7 Å². The molecule has 2 N–H and O–H groups in total. The first kappa shape index (κ1) is 28.3. The first-order valence-corrected chi connectivity index (χ1v) is 6.28.